The van der Waals surface area contributed by atoms with Crippen molar-refractivity contribution in [3.05, 3.63) is 0 Å². The molecule has 0 aromatic carbocycles. The molecular weight excluding hydrogens is 216 g/mol. The van der Waals surface area contributed by atoms with E-state index in [1.54, 1.807) is 0 Å². The normalized spacial score (nSPS) is 24.9. The predicted octanol–water partition coefficient (Wildman–Crippen LogP) is 2.45. The second-order valence-corrected chi connectivity index (χ2v) is 6.49. The van der Waals surface area contributed by atoms with Crippen LogP contribution in [-0.4, -0.2) is 49.1 Å². The lowest BCUT2D eigenvalue weighted by atomic mass is 9.98. The molecule has 1 aliphatic rings. The van der Waals surface area contributed by atoms with Crippen LogP contribution < -0.4 is 5.32 Å². The minimum Gasteiger partial charge on any atom is -0.315 e. The van der Waals surface area contributed by atoms with Crippen LogP contribution in [0.25, 0.3) is 0 Å². The van der Waals surface area contributed by atoms with Gasteiger partial charge in [0.2, 0.25) is 0 Å². The zero-order valence-electron chi connectivity index (χ0n) is 11.3. The zero-order chi connectivity index (χ0) is 12.0. The van der Waals surface area contributed by atoms with Crippen molar-refractivity contribution < 1.29 is 0 Å². The Kier molecular flexibility index (Phi) is 6.78. The third-order valence-electron chi connectivity index (χ3n) is 3.57. The van der Waals surface area contributed by atoms with Crippen molar-refractivity contribution in [2.75, 3.05) is 32.1 Å². The maximum Gasteiger partial charge on any atom is 0.0337 e. The highest BCUT2D eigenvalue weighted by molar-refractivity contribution is 7.99. The van der Waals surface area contributed by atoms with Crippen molar-refractivity contribution in [1.29, 1.82) is 0 Å². The predicted molar refractivity (Wildman–Crippen MR) is 75.3 cm³/mol. The van der Waals surface area contributed by atoms with E-state index in [0.717, 1.165) is 12.0 Å². The molecule has 2 nitrogen and oxygen atoms in total. The number of rotatable bonds is 6. The average molecular weight is 244 g/mol. The summed E-state index contributed by atoms with van der Waals surface area (Å²) in [7, 11) is 4.39. The van der Waals surface area contributed by atoms with Gasteiger partial charge in [-0.15, -0.1) is 0 Å². The molecule has 0 amide bonds. The Balaban J connectivity index is 2.33. The first-order chi connectivity index (χ1) is 7.65. The van der Waals surface area contributed by atoms with Crippen molar-refractivity contribution in [3.63, 3.8) is 0 Å². The molecule has 2 unspecified atom stereocenters. The molecule has 0 bridgehead atoms. The lowest BCUT2D eigenvalue weighted by Crippen LogP contribution is -2.51. The van der Waals surface area contributed by atoms with E-state index in [0.29, 0.717) is 6.04 Å². The molecule has 0 radical (unpaired) electrons. The fourth-order valence-corrected chi connectivity index (χ4v) is 3.72. The van der Waals surface area contributed by atoms with E-state index in [1.165, 1.54) is 37.3 Å². The van der Waals surface area contributed by atoms with Gasteiger partial charge in [0.05, 0.1) is 0 Å². The number of thioether (sulfide) groups is 1. The minimum atomic E-state index is 0.677. The number of likely N-dealkylation sites (N-methyl/N-ethyl adjacent to an activating group) is 2. The van der Waals surface area contributed by atoms with Gasteiger partial charge < -0.3 is 10.2 Å². The van der Waals surface area contributed by atoms with Crippen LogP contribution in [0.1, 0.15) is 33.1 Å². The summed E-state index contributed by atoms with van der Waals surface area (Å²) < 4.78 is 0. The fraction of sp³-hybridized carbons (Fsp3) is 1.00. The second kappa shape index (κ2) is 7.57. The third-order valence-corrected chi connectivity index (χ3v) is 4.62. The number of hydrogen-bond donors (Lipinski definition) is 1. The van der Waals surface area contributed by atoms with Gasteiger partial charge >= 0.3 is 0 Å². The smallest absolute Gasteiger partial charge is 0.0337 e. The molecule has 1 N–H and O–H groups in total. The van der Waals surface area contributed by atoms with E-state index < -0.39 is 0 Å². The molecule has 1 rings (SSSR count). The summed E-state index contributed by atoms with van der Waals surface area (Å²) in [5.41, 5.74) is 0. The molecule has 0 saturated carbocycles. The second-order valence-electron chi connectivity index (χ2n) is 5.34. The molecule has 1 saturated heterocycles. The maximum absolute atomic E-state index is 3.52. The summed E-state index contributed by atoms with van der Waals surface area (Å²) >= 11 is 2.11. The highest BCUT2D eigenvalue weighted by Crippen LogP contribution is 2.20. The summed E-state index contributed by atoms with van der Waals surface area (Å²) in [6.07, 6.45) is 4.05. The number of hydrogen-bond acceptors (Lipinski definition) is 3. The van der Waals surface area contributed by atoms with Gasteiger partial charge in [-0.3, -0.25) is 0 Å². The number of nitrogens with one attached hydrogen (secondary N) is 1. The summed E-state index contributed by atoms with van der Waals surface area (Å²) in [4.78, 5) is 2.53. The lowest BCUT2D eigenvalue weighted by molar-refractivity contribution is 0.210. The van der Waals surface area contributed by atoms with Gasteiger partial charge in [0.1, 0.15) is 0 Å². The Morgan fingerprint density at radius 3 is 2.69 bits per heavy atom. The van der Waals surface area contributed by atoms with Crippen LogP contribution in [0.4, 0.5) is 0 Å². The summed E-state index contributed by atoms with van der Waals surface area (Å²) in [5.74, 6) is 3.44. The van der Waals surface area contributed by atoms with Gasteiger partial charge in [-0.1, -0.05) is 26.7 Å². The molecule has 1 aliphatic heterocycles. The minimum absolute atomic E-state index is 0.677. The fourth-order valence-electron chi connectivity index (χ4n) is 2.40. The van der Waals surface area contributed by atoms with E-state index in [2.05, 4.69) is 49.9 Å². The molecule has 0 spiro atoms. The average Bonchev–Trinajstić information content (AvgIpc) is 2.25. The Morgan fingerprint density at radius 2 is 2.12 bits per heavy atom. The number of nitrogens with zero attached hydrogens (tertiary/aromatic N) is 1. The Hall–Kier alpha value is 0.270. The van der Waals surface area contributed by atoms with Crippen molar-refractivity contribution in [2.24, 2.45) is 5.92 Å². The largest absolute Gasteiger partial charge is 0.315 e. The molecule has 16 heavy (non-hydrogen) atoms. The Morgan fingerprint density at radius 1 is 1.38 bits per heavy atom. The monoisotopic (exact) mass is 244 g/mol. The quantitative estimate of drug-likeness (QED) is 0.772. The van der Waals surface area contributed by atoms with Crippen molar-refractivity contribution in [3.8, 4) is 0 Å². The lowest BCUT2D eigenvalue weighted by Gasteiger charge is -2.37. The van der Waals surface area contributed by atoms with E-state index in [4.69, 9.17) is 0 Å². The van der Waals surface area contributed by atoms with Gasteiger partial charge in [0.15, 0.2) is 0 Å². The van der Waals surface area contributed by atoms with E-state index in [-0.39, 0.29) is 0 Å². The molecule has 2 atom stereocenters. The van der Waals surface area contributed by atoms with E-state index >= 15 is 0 Å². The zero-order valence-corrected chi connectivity index (χ0v) is 12.1. The first-order valence-corrected chi connectivity index (χ1v) is 7.76. The van der Waals surface area contributed by atoms with Crippen LogP contribution in [0, 0.1) is 5.92 Å². The molecule has 0 aromatic rings. The van der Waals surface area contributed by atoms with Crippen LogP contribution in [0.5, 0.6) is 0 Å². The van der Waals surface area contributed by atoms with E-state index in [1.807, 2.05) is 0 Å². The van der Waals surface area contributed by atoms with Crippen molar-refractivity contribution >= 4 is 11.8 Å². The highest BCUT2D eigenvalue weighted by atomic mass is 32.2. The van der Waals surface area contributed by atoms with Crippen molar-refractivity contribution in [2.45, 2.75) is 45.2 Å². The topological polar surface area (TPSA) is 15.3 Å². The molecule has 1 fully saturated rings. The van der Waals surface area contributed by atoms with Crippen LogP contribution in [0.3, 0.4) is 0 Å². The summed E-state index contributed by atoms with van der Waals surface area (Å²) in [6, 6.07) is 1.41. The Bertz CT molecular complexity index is 185. The molecule has 3 heteroatoms. The maximum atomic E-state index is 3.52. The van der Waals surface area contributed by atoms with Gasteiger partial charge in [-0.2, -0.15) is 11.8 Å². The first-order valence-electron chi connectivity index (χ1n) is 6.60. The van der Waals surface area contributed by atoms with Gasteiger partial charge in [0.25, 0.3) is 0 Å². The molecule has 1 heterocycles. The SMILES string of the molecule is CNC(CCCC(C)C)C1CSCCN1C. The van der Waals surface area contributed by atoms with Crippen LogP contribution >= 0.6 is 11.8 Å². The van der Waals surface area contributed by atoms with Crippen LogP contribution in [0.2, 0.25) is 0 Å². The highest BCUT2D eigenvalue weighted by Gasteiger charge is 2.26. The molecule has 0 aromatic heterocycles. The standard InChI is InChI=1S/C13H28N2S/c1-11(2)6-5-7-12(14-3)13-10-16-9-8-15(13)4/h11-14H,5-10H2,1-4H3. The Labute approximate surface area is 106 Å². The molecule has 0 aliphatic carbocycles. The van der Waals surface area contributed by atoms with Crippen LogP contribution in [0.15, 0.2) is 0 Å². The molecule has 96 valence electrons. The van der Waals surface area contributed by atoms with E-state index in [9.17, 15) is 0 Å². The first kappa shape index (κ1) is 14.3. The summed E-state index contributed by atoms with van der Waals surface area (Å²) in [5, 5.41) is 3.52. The molecular formula is C13H28N2S. The third kappa shape index (κ3) is 4.64. The van der Waals surface area contributed by atoms with Gasteiger partial charge in [0, 0.05) is 30.1 Å². The van der Waals surface area contributed by atoms with Crippen LogP contribution in [-0.2, 0) is 0 Å². The van der Waals surface area contributed by atoms with Gasteiger partial charge in [-0.05, 0) is 26.4 Å². The van der Waals surface area contributed by atoms with Crippen molar-refractivity contribution in [1.82, 2.24) is 10.2 Å². The summed E-state index contributed by atoms with van der Waals surface area (Å²) in [6.45, 7) is 5.88. The van der Waals surface area contributed by atoms with Gasteiger partial charge in [-0.25, -0.2) is 0 Å².